The summed E-state index contributed by atoms with van der Waals surface area (Å²) in [6.07, 6.45) is -6.99. The zero-order valence-corrected chi connectivity index (χ0v) is 50.8. The highest BCUT2D eigenvalue weighted by Gasteiger charge is 2.37. The number of ether oxygens (including phenoxy) is 5. The zero-order valence-electron chi connectivity index (χ0n) is 50.8. The number of rotatable bonds is 28. The maximum Gasteiger partial charge on any atom is 0.415 e. The van der Waals surface area contributed by atoms with Gasteiger partial charge in [0.15, 0.2) is 0 Å². The van der Waals surface area contributed by atoms with Crippen LogP contribution in [0.1, 0.15) is 66.3 Å². The number of hydrogen-bond acceptors (Lipinski definition) is 19. The highest BCUT2D eigenvalue weighted by Crippen LogP contribution is 2.27. The number of imide groups is 1. The predicted octanol–water partition coefficient (Wildman–Crippen LogP) is 3.79. The van der Waals surface area contributed by atoms with Gasteiger partial charge in [-0.1, -0.05) is 66.4 Å². The number of esters is 1. The standard InChI is InChI=1S/C62H74N10O17/c1-66(2)32-34-68(5)61(82)87-47-22-16-42(17-23-47)40-84-59(80)64-37-49(38-65-60(81)85-41-43-18-24-48(25-19-43)88-62(83)69(6)35-33-67(3)4)86-58(79)51(36-57(78)89-72-55(76)28-29-56(72)77)70(7)53(74)30-31-63-52(73)26-27-54(75)71-39-46-14-9-8-12-44(46)20-21-45-13-10-11-15-50(45)71/h8-19,22-25,49,51H,26-41H2,1-7H3,(H,63,73)(H,64,80)(H,65,81)/t51-/m0/s1. The maximum absolute atomic E-state index is 14.3. The van der Waals surface area contributed by atoms with E-state index in [2.05, 4.69) is 27.8 Å². The van der Waals surface area contributed by atoms with Crippen molar-refractivity contribution >= 4 is 71.5 Å². The smallest absolute Gasteiger partial charge is 0.415 e. The minimum atomic E-state index is -1.84. The van der Waals surface area contributed by atoms with E-state index in [0.29, 0.717) is 48.6 Å². The number of benzene rings is 4. The minimum absolute atomic E-state index is 0.198. The Bertz CT molecular complexity index is 3150. The molecule has 6 rings (SSSR count). The van der Waals surface area contributed by atoms with Crippen molar-refractivity contribution in [2.24, 2.45) is 0 Å². The van der Waals surface area contributed by atoms with Crippen molar-refractivity contribution in [1.29, 1.82) is 0 Å². The number of likely N-dealkylation sites (N-methyl/N-ethyl adjacent to an activating group) is 5. The van der Waals surface area contributed by atoms with Crippen molar-refractivity contribution in [1.82, 2.24) is 45.5 Å². The van der Waals surface area contributed by atoms with Crippen LogP contribution < -0.4 is 30.3 Å². The quantitative estimate of drug-likeness (QED) is 0.0315. The summed E-state index contributed by atoms with van der Waals surface area (Å²) in [5, 5.41) is 7.77. The van der Waals surface area contributed by atoms with E-state index in [4.69, 9.17) is 28.5 Å². The van der Waals surface area contributed by atoms with Crippen molar-refractivity contribution < 1.29 is 81.3 Å². The molecule has 0 radical (unpaired) electrons. The molecule has 2 aliphatic rings. The van der Waals surface area contributed by atoms with Gasteiger partial charge >= 0.3 is 36.3 Å². The van der Waals surface area contributed by atoms with Crippen molar-refractivity contribution in [3.05, 3.63) is 125 Å². The SMILES string of the molecule is CN(C)CCN(C)C(=O)Oc1ccc(COC(=O)NCC(CNC(=O)OCc2ccc(OC(=O)N(C)CCN(C)C)cc2)OC(=O)[C@H](CC(=O)ON2C(=O)CCC2=O)N(C)C(=O)CCNC(=O)CCC(=O)N2Cc3ccccc3C#Cc3ccccc32)cc1. The number of amides is 9. The lowest BCUT2D eigenvalue weighted by Gasteiger charge is -2.28. The first-order valence-electron chi connectivity index (χ1n) is 28.5. The minimum Gasteiger partial charge on any atom is -0.457 e. The summed E-state index contributed by atoms with van der Waals surface area (Å²) in [6.45, 7) is 0.394. The molecule has 474 valence electrons. The molecule has 27 heteroatoms. The van der Waals surface area contributed by atoms with Gasteiger partial charge in [0, 0.05) is 97.1 Å². The Balaban J connectivity index is 1.09. The van der Waals surface area contributed by atoms with E-state index < -0.39 is 98.0 Å². The second kappa shape index (κ2) is 33.7. The van der Waals surface area contributed by atoms with Gasteiger partial charge in [0.2, 0.25) is 17.7 Å². The highest BCUT2D eigenvalue weighted by atomic mass is 16.7. The predicted molar refractivity (Wildman–Crippen MR) is 319 cm³/mol. The Morgan fingerprint density at radius 3 is 1.63 bits per heavy atom. The summed E-state index contributed by atoms with van der Waals surface area (Å²) in [5.74, 6) is 0.838. The van der Waals surface area contributed by atoms with E-state index in [1.165, 1.54) is 34.1 Å². The zero-order chi connectivity index (χ0) is 64.6. The van der Waals surface area contributed by atoms with E-state index in [1.807, 2.05) is 68.3 Å². The van der Waals surface area contributed by atoms with Crippen molar-refractivity contribution in [2.75, 3.05) is 100 Å². The molecule has 4 aromatic rings. The molecule has 27 nitrogen and oxygen atoms in total. The molecule has 1 atom stereocenters. The number of anilines is 1. The number of nitrogens with one attached hydrogen (secondary N) is 3. The first-order chi connectivity index (χ1) is 42.5. The summed E-state index contributed by atoms with van der Waals surface area (Å²) in [6, 6.07) is 25.1. The van der Waals surface area contributed by atoms with Crippen molar-refractivity contribution in [2.45, 2.75) is 70.4 Å². The normalized spacial score (nSPS) is 12.7. The molecule has 0 unspecified atom stereocenters. The van der Waals surface area contributed by atoms with Crippen LogP contribution in [0.4, 0.5) is 24.9 Å². The molecule has 0 aliphatic carbocycles. The van der Waals surface area contributed by atoms with Gasteiger partial charge in [-0.25, -0.2) is 28.8 Å². The molecule has 0 bridgehead atoms. The molecular formula is C62H74N10O17. The fourth-order valence-corrected chi connectivity index (χ4v) is 8.38. The van der Waals surface area contributed by atoms with E-state index in [1.54, 1.807) is 61.5 Å². The summed E-state index contributed by atoms with van der Waals surface area (Å²) < 4.78 is 27.4. The third-order valence-electron chi connectivity index (χ3n) is 13.7. The largest absolute Gasteiger partial charge is 0.457 e. The fourth-order valence-electron chi connectivity index (χ4n) is 8.38. The van der Waals surface area contributed by atoms with Crippen LogP contribution >= 0.6 is 0 Å². The van der Waals surface area contributed by atoms with Gasteiger partial charge in [-0.15, -0.1) is 5.06 Å². The number of fused-ring (bicyclic) bond motifs is 2. The van der Waals surface area contributed by atoms with Crippen LogP contribution in [-0.2, 0) is 72.4 Å². The number of carbonyl (C=O) groups is 11. The average molecular weight is 1230 g/mol. The summed E-state index contributed by atoms with van der Waals surface area (Å²) in [5.41, 5.74) is 3.79. The summed E-state index contributed by atoms with van der Waals surface area (Å²) in [7, 11) is 11.9. The Labute approximate surface area is 515 Å². The molecule has 89 heavy (non-hydrogen) atoms. The van der Waals surface area contributed by atoms with Crippen LogP contribution in [0.3, 0.4) is 0 Å². The molecule has 0 aromatic heterocycles. The molecule has 2 heterocycles. The average Bonchev–Trinajstić information content (AvgIpc) is 2.29. The molecule has 3 N–H and O–H groups in total. The number of hydrogen-bond donors (Lipinski definition) is 3. The topological polar surface area (TPSA) is 302 Å². The number of hydroxylamine groups is 2. The molecule has 1 fully saturated rings. The number of alkyl carbamates (subject to hydrolysis) is 2. The van der Waals surface area contributed by atoms with Gasteiger partial charge < -0.3 is 73.9 Å². The van der Waals surface area contributed by atoms with Gasteiger partial charge in [-0.3, -0.25) is 24.0 Å². The van der Waals surface area contributed by atoms with Gasteiger partial charge in [0.05, 0.1) is 31.7 Å². The number of carbonyl (C=O) groups excluding carboxylic acids is 11. The number of para-hydroxylation sites is 1. The lowest BCUT2D eigenvalue weighted by molar-refractivity contribution is -0.199. The van der Waals surface area contributed by atoms with Gasteiger partial charge in [-0.2, -0.15) is 0 Å². The second-order valence-electron chi connectivity index (χ2n) is 21.2. The number of nitrogens with zero attached hydrogens (tertiary/aromatic N) is 7. The molecule has 0 spiro atoms. The van der Waals surface area contributed by atoms with E-state index in [9.17, 15) is 52.7 Å². The molecule has 0 saturated carbocycles. The van der Waals surface area contributed by atoms with Crippen LogP contribution in [0.25, 0.3) is 0 Å². The van der Waals surface area contributed by atoms with Crippen molar-refractivity contribution in [3.8, 4) is 23.3 Å². The van der Waals surface area contributed by atoms with Gasteiger partial charge in [0.25, 0.3) is 11.8 Å². The van der Waals surface area contributed by atoms with Crippen LogP contribution in [0.5, 0.6) is 11.5 Å². The first kappa shape index (κ1) is 68.0. The first-order valence-corrected chi connectivity index (χ1v) is 28.5. The van der Waals surface area contributed by atoms with E-state index >= 15 is 0 Å². The van der Waals surface area contributed by atoms with E-state index in [-0.39, 0.29) is 74.5 Å². The Morgan fingerprint density at radius 2 is 1.09 bits per heavy atom. The lowest BCUT2D eigenvalue weighted by Crippen LogP contribution is -2.49. The molecular weight excluding hydrogens is 1160 g/mol. The molecule has 1 saturated heterocycles. The molecule has 2 aliphatic heterocycles. The fraction of sp³-hybridized carbons (Fsp3) is 0.403. The van der Waals surface area contributed by atoms with Gasteiger partial charge in [0.1, 0.15) is 36.9 Å². The summed E-state index contributed by atoms with van der Waals surface area (Å²) in [4.78, 5) is 159. The Kier molecular flexibility index (Phi) is 25.8. The molecule has 9 amide bonds. The lowest BCUT2D eigenvalue weighted by atomic mass is 10.0. The third kappa shape index (κ3) is 22.0. The Hall–Kier alpha value is -10.1. The molecule has 4 aromatic carbocycles. The van der Waals surface area contributed by atoms with Crippen LogP contribution in [0, 0.1) is 11.8 Å². The van der Waals surface area contributed by atoms with Gasteiger partial charge in [-0.05, 0) is 87.3 Å². The highest BCUT2D eigenvalue weighted by molar-refractivity contribution is 6.02. The summed E-state index contributed by atoms with van der Waals surface area (Å²) >= 11 is 0. The van der Waals surface area contributed by atoms with Crippen LogP contribution in [0.2, 0.25) is 0 Å². The maximum atomic E-state index is 14.3. The second-order valence-corrected chi connectivity index (χ2v) is 21.2. The van der Waals surface area contributed by atoms with Crippen molar-refractivity contribution in [3.63, 3.8) is 0 Å². The van der Waals surface area contributed by atoms with E-state index in [0.717, 1.165) is 23.1 Å². The monoisotopic (exact) mass is 1230 g/mol. The van der Waals surface area contributed by atoms with Crippen LogP contribution in [0.15, 0.2) is 97.1 Å². The third-order valence-corrected chi connectivity index (χ3v) is 13.7. The van der Waals surface area contributed by atoms with Crippen LogP contribution in [-0.4, -0.2) is 203 Å². The Morgan fingerprint density at radius 1 is 0.584 bits per heavy atom.